The minimum Gasteiger partial charge on any atom is -0.356 e. The second-order valence-electron chi connectivity index (χ2n) is 6.13. The molecule has 128 valence electrons. The van der Waals surface area contributed by atoms with E-state index in [1.165, 1.54) is 46.8 Å². The summed E-state index contributed by atoms with van der Waals surface area (Å²) in [5.74, 6) is 0.859. The first-order chi connectivity index (χ1) is 11.8. The number of hydrogen-bond donors (Lipinski definition) is 2. The van der Waals surface area contributed by atoms with Crippen LogP contribution in [0.5, 0.6) is 0 Å². The number of thiazole rings is 1. The number of nitrogens with zero attached hydrogens (tertiary/aromatic N) is 2. The lowest BCUT2D eigenvalue weighted by atomic mass is 10.0. The molecule has 0 bridgehead atoms. The van der Waals surface area contributed by atoms with Gasteiger partial charge in [0.2, 0.25) is 0 Å². The van der Waals surface area contributed by atoms with Crippen molar-refractivity contribution >= 4 is 17.3 Å². The zero-order valence-corrected chi connectivity index (χ0v) is 15.2. The summed E-state index contributed by atoms with van der Waals surface area (Å²) in [6, 6.07) is 10.4. The van der Waals surface area contributed by atoms with Gasteiger partial charge in [-0.1, -0.05) is 30.3 Å². The highest BCUT2D eigenvalue weighted by Crippen LogP contribution is 2.27. The van der Waals surface area contributed by atoms with Crippen molar-refractivity contribution in [3.63, 3.8) is 0 Å². The molecule has 2 N–H and O–H groups in total. The normalized spacial score (nSPS) is 14.3. The summed E-state index contributed by atoms with van der Waals surface area (Å²) in [5.41, 5.74) is 2.63. The van der Waals surface area contributed by atoms with Crippen LogP contribution in [0.2, 0.25) is 0 Å². The highest BCUT2D eigenvalue weighted by molar-refractivity contribution is 7.11. The zero-order valence-electron chi connectivity index (χ0n) is 14.3. The van der Waals surface area contributed by atoms with Crippen molar-refractivity contribution in [1.82, 2.24) is 15.6 Å². The molecule has 4 nitrogen and oxygen atoms in total. The topological polar surface area (TPSA) is 49.3 Å². The Morgan fingerprint density at radius 2 is 2.00 bits per heavy atom. The quantitative estimate of drug-likeness (QED) is 0.481. The molecule has 0 saturated carbocycles. The van der Waals surface area contributed by atoms with Crippen LogP contribution in [0.1, 0.15) is 40.4 Å². The van der Waals surface area contributed by atoms with Crippen LogP contribution >= 0.6 is 11.3 Å². The maximum Gasteiger partial charge on any atom is 0.191 e. The number of aliphatic imine (C=N–C) groups is 1. The van der Waals surface area contributed by atoms with E-state index in [4.69, 9.17) is 4.98 Å². The Balaban J connectivity index is 1.38. The van der Waals surface area contributed by atoms with Gasteiger partial charge in [-0.3, -0.25) is 4.99 Å². The van der Waals surface area contributed by atoms with Crippen molar-refractivity contribution in [1.29, 1.82) is 0 Å². The predicted molar refractivity (Wildman–Crippen MR) is 102 cm³/mol. The lowest BCUT2D eigenvalue weighted by Crippen LogP contribution is -2.37. The molecule has 0 spiro atoms. The van der Waals surface area contributed by atoms with Crippen molar-refractivity contribution in [2.45, 2.75) is 45.1 Å². The second kappa shape index (κ2) is 8.83. The molecule has 3 rings (SSSR count). The molecule has 1 aromatic heterocycles. The van der Waals surface area contributed by atoms with Crippen molar-refractivity contribution in [2.24, 2.45) is 4.99 Å². The van der Waals surface area contributed by atoms with Gasteiger partial charge in [0.15, 0.2) is 5.96 Å². The van der Waals surface area contributed by atoms with E-state index in [2.05, 4.69) is 39.9 Å². The highest BCUT2D eigenvalue weighted by Gasteiger charge is 2.14. The van der Waals surface area contributed by atoms with E-state index >= 15 is 0 Å². The Hall–Kier alpha value is -1.88. The van der Waals surface area contributed by atoms with Crippen LogP contribution in [0, 0.1) is 0 Å². The molecular weight excluding hydrogens is 316 g/mol. The molecule has 1 aliphatic rings. The Labute approximate surface area is 148 Å². The Bertz CT molecular complexity index is 640. The van der Waals surface area contributed by atoms with Crippen LogP contribution in [0.25, 0.3) is 0 Å². The van der Waals surface area contributed by atoms with Gasteiger partial charge in [0, 0.05) is 31.4 Å². The largest absolute Gasteiger partial charge is 0.356 e. The molecule has 1 aliphatic carbocycles. The molecule has 24 heavy (non-hydrogen) atoms. The van der Waals surface area contributed by atoms with E-state index in [0.29, 0.717) is 0 Å². The van der Waals surface area contributed by atoms with Gasteiger partial charge in [-0.15, -0.1) is 11.3 Å². The van der Waals surface area contributed by atoms with Gasteiger partial charge in [0.05, 0.1) is 10.7 Å². The molecule has 1 aromatic carbocycles. The Kier molecular flexibility index (Phi) is 6.24. The molecule has 2 aromatic rings. The third kappa shape index (κ3) is 4.81. The fourth-order valence-corrected chi connectivity index (χ4v) is 4.16. The summed E-state index contributed by atoms with van der Waals surface area (Å²) >= 11 is 1.92. The summed E-state index contributed by atoms with van der Waals surface area (Å²) in [5, 5.41) is 8.04. The lowest BCUT2D eigenvalue weighted by molar-refractivity contribution is 0.678. The number of nitrogens with one attached hydrogen (secondary N) is 2. The van der Waals surface area contributed by atoms with Gasteiger partial charge in [-0.2, -0.15) is 0 Å². The molecule has 0 aliphatic heterocycles. The van der Waals surface area contributed by atoms with Crippen molar-refractivity contribution in [3.05, 3.63) is 51.5 Å². The molecule has 0 unspecified atom stereocenters. The van der Waals surface area contributed by atoms with Gasteiger partial charge in [0.1, 0.15) is 0 Å². The molecule has 0 atom stereocenters. The number of hydrogen-bond acceptors (Lipinski definition) is 3. The number of aromatic nitrogens is 1. The maximum atomic E-state index is 4.81. The van der Waals surface area contributed by atoms with Crippen molar-refractivity contribution < 1.29 is 0 Å². The number of aryl methyl sites for hydroxylation is 3. The van der Waals surface area contributed by atoms with Gasteiger partial charge in [-0.25, -0.2) is 4.98 Å². The number of rotatable bonds is 6. The summed E-state index contributed by atoms with van der Waals surface area (Å²) in [4.78, 5) is 10.6. The van der Waals surface area contributed by atoms with Gasteiger partial charge < -0.3 is 10.6 Å². The van der Waals surface area contributed by atoms with Crippen molar-refractivity contribution in [2.75, 3.05) is 13.6 Å². The van der Waals surface area contributed by atoms with Crippen LogP contribution in [-0.2, 0) is 25.8 Å². The first kappa shape index (κ1) is 17.0. The van der Waals surface area contributed by atoms with Gasteiger partial charge >= 0.3 is 0 Å². The summed E-state index contributed by atoms with van der Waals surface area (Å²) in [6.07, 6.45) is 7.20. The molecule has 5 heteroatoms. The Morgan fingerprint density at radius 3 is 2.79 bits per heavy atom. The summed E-state index contributed by atoms with van der Waals surface area (Å²) in [7, 11) is 1.81. The monoisotopic (exact) mass is 342 g/mol. The predicted octanol–water partition coefficient (Wildman–Crippen LogP) is 3.32. The number of benzene rings is 1. The Morgan fingerprint density at radius 1 is 1.17 bits per heavy atom. The second-order valence-corrected chi connectivity index (χ2v) is 7.29. The highest BCUT2D eigenvalue weighted by atomic mass is 32.1. The number of guanidine groups is 1. The van der Waals surface area contributed by atoms with Gasteiger partial charge in [0.25, 0.3) is 0 Å². The third-order valence-electron chi connectivity index (χ3n) is 4.28. The summed E-state index contributed by atoms with van der Waals surface area (Å²) < 4.78 is 0. The average Bonchev–Trinajstić information content (AvgIpc) is 3.05. The standard InChI is InChI=1S/C19H26N4S/c1-20-19(22-14-15-8-3-2-4-9-15)21-13-7-12-18-23-16-10-5-6-11-17(16)24-18/h2-4,8-9H,5-7,10-14H2,1H3,(H2,20,21,22). The molecule has 0 radical (unpaired) electrons. The molecule has 0 amide bonds. The van der Waals surface area contributed by atoms with E-state index in [1.807, 2.05) is 24.5 Å². The smallest absolute Gasteiger partial charge is 0.191 e. The first-order valence-electron chi connectivity index (χ1n) is 8.81. The van der Waals surface area contributed by atoms with Crippen LogP contribution in [0.15, 0.2) is 35.3 Å². The van der Waals surface area contributed by atoms with E-state index in [9.17, 15) is 0 Å². The van der Waals surface area contributed by atoms with Crippen LogP contribution < -0.4 is 10.6 Å². The fourth-order valence-electron chi connectivity index (χ4n) is 2.96. The zero-order chi connectivity index (χ0) is 16.6. The van der Waals surface area contributed by atoms with E-state index < -0.39 is 0 Å². The molecule has 1 heterocycles. The molecular formula is C19H26N4S. The maximum absolute atomic E-state index is 4.81. The minimum atomic E-state index is 0.791. The number of fused-ring (bicyclic) bond motifs is 1. The van der Waals surface area contributed by atoms with Crippen LogP contribution in [-0.4, -0.2) is 24.5 Å². The minimum absolute atomic E-state index is 0.791. The first-order valence-corrected chi connectivity index (χ1v) is 9.62. The van der Waals surface area contributed by atoms with E-state index in [0.717, 1.165) is 31.9 Å². The summed E-state index contributed by atoms with van der Waals surface area (Å²) in [6.45, 7) is 1.71. The molecule has 0 saturated heterocycles. The average molecular weight is 343 g/mol. The lowest BCUT2D eigenvalue weighted by Gasteiger charge is -2.11. The van der Waals surface area contributed by atoms with Gasteiger partial charge in [-0.05, 0) is 37.7 Å². The van der Waals surface area contributed by atoms with E-state index in [-0.39, 0.29) is 0 Å². The third-order valence-corrected chi connectivity index (χ3v) is 5.49. The fraction of sp³-hybridized carbons (Fsp3) is 0.474. The van der Waals surface area contributed by atoms with Crippen LogP contribution in [0.4, 0.5) is 0 Å². The van der Waals surface area contributed by atoms with Crippen molar-refractivity contribution in [3.8, 4) is 0 Å². The van der Waals surface area contributed by atoms with E-state index in [1.54, 1.807) is 0 Å². The van der Waals surface area contributed by atoms with Crippen LogP contribution in [0.3, 0.4) is 0 Å². The SMILES string of the molecule is CN=C(NCCCc1nc2c(s1)CCCC2)NCc1ccccc1. The molecule has 0 fully saturated rings.